The average molecular weight is 258 g/mol. The maximum Gasteiger partial charge on any atom is 0.153 e. The van der Waals surface area contributed by atoms with Gasteiger partial charge >= 0.3 is 0 Å². The summed E-state index contributed by atoms with van der Waals surface area (Å²) < 4.78 is 1.62. The standard InChI is InChI=1S/C13H8ClN3O/c14-10-4-3-7-12(9(10)8-18)17-13-6-2-1-5-11(13)15-16-17/h1-8H. The van der Waals surface area contributed by atoms with Crippen molar-refractivity contribution < 1.29 is 4.79 Å². The Kier molecular flexibility index (Phi) is 2.57. The number of carbonyl (C=O) groups excluding carboxylic acids is 1. The van der Waals surface area contributed by atoms with Crippen molar-refractivity contribution in [3.8, 4) is 5.69 Å². The van der Waals surface area contributed by atoms with E-state index in [9.17, 15) is 4.79 Å². The van der Waals surface area contributed by atoms with Gasteiger partial charge in [-0.25, -0.2) is 4.68 Å². The summed E-state index contributed by atoms with van der Waals surface area (Å²) in [6, 6.07) is 12.8. The van der Waals surface area contributed by atoms with Crippen molar-refractivity contribution in [2.45, 2.75) is 0 Å². The number of benzene rings is 2. The lowest BCUT2D eigenvalue weighted by atomic mass is 10.2. The van der Waals surface area contributed by atoms with Gasteiger partial charge in [0.25, 0.3) is 0 Å². The molecule has 4 nitrogen and oxygen atoms in total. The Bertz CT molecular complexity index is 736. The van der Waals surface area contributed by atoms with Gasteiger partial charge in [-0.15, -0.1) is 5.10 Å². The molecule has 1 aromatic heterocycles. The first-order chi connectivity index (χ1) is 8.81. The van der Waals surface area contributed by atoms with Crippen molar-refractivity contribution in [2.24, 2.45) is 0 Å². The van der Waals surface area contributed by atoms with E-state index in [-0.39, 0.29) is 0 Å². The number of hydrogen-bond donors (Lipinski definition) is 0. The molecule has 0 spiro atoms. The average Bonchev–Trinajstić information content (AvgIpc) is 2.82. The van der Waals surface area contributed by atoms with Gasteiger partial charge in [-0.05, 0) is 24.3 Å². The second kappa shape index (κ2) is 4.23. The van der Waals surface area contributed by atoms with Crippen LogP contribution in [0.4, 0.5) is 0 Å². The Morgan fingerprint density at radius 2 is 1.94 bits per heavy atom. The van der Waals surface area contributed by atoms with E-state index < -0.39 is 0 Å². The highest BCUT2D eigenvalue weighted by Gasteiger charge is 2.11. The quantitative estimate of drug-likeness (QED) is 0.663. The minimum Gasteiger partial charge on any atom is -0.298 e. The van der Waals surface area contributed by atoms with Crippen molar-refractivity contribution in [3.63, 3.8) is 0 Å². The van der Waals surface area contributed by atoms with Crippen LogP contribution in [0.2, 0.25) is 5.02 Å². The van der Waals surface area contributed by atoms with E-state index in [2.05, 4.69) is 10.3 Å². The molecule has 0 aliphatic heterocycles. The molecule has 2 aromatic carbocycles. The van der Waals surface area contributed by atoms with Crippen molar-refractivity contribution in [1.82, 2.24) is 15.0 Å². The van der Waals surface area contributed by atoms with E-state index in [1.54, 1.807) is 22.9 Å². The molecule has 88 valence electrons. The summed E-state index contributed by atoms with van der Waals surface area (Å²) in [4.78, 5) is 11.1. The molecule has 5 heteroatoms. The molecule has 0 bridgehead atoms. The normalized spacial score (nSPS) is 10.7. The number of carbonyl (C=O) groups is 1. The maximum atomic E-state index is 11.1. The highest BCUT2D eigenvalue weighted by atomic mass is 35.5. The van der Waals surface area contributed by atoms with Crippen LogP contribution in [0.25, 0.3) is 16.7 Å². The van der Waals surface area contributed by atoms with Gasteiger partial charge in [-0.3, -0.25) is 4.79 Å². The number of aromatic nitrogens is 3. The molecular formula is C13H8ClN3O. The van der Waals surface area contributed by atoms with E-state index >= 15 is 0 Å². The summed E-state index contributed by atoms with van der Waals surface area (Å²) >= 11 is 6.00. The van der Waals surface area contributed by atoms with Crippen LogP contribution in [-0.2, 0) is 0 Å². The van der Waals surface area contributed by atoms with Gasteiger partial charge < -0.3 is 0 Å². The molecule has 0 radical (unpaired) electrons. The third kappa shape index (κ3) is 1.58. The second-order valence-electron chi connectivity index (χ2n) is 3.78. The number of hydrogen-bond acceptors (Lipinski definition) is 3. The molecule has 18 heavy (non-hydrogen) atoms. The third-order valence-corrected chi connectivity index (χ3v) is 3.06. The number of nitrogens with zero attached hydrogens (tertiary/aromatic N) is 3. The molecule has 0 aliphatic carbocycles. The minimum atomic E-state index is 0.405. The Morgan fingerprint density at radius 1 is 1.11 bits per heavy atom. The van der Waals surface area contributed by atoms with Crippen molar-refractivity contribution >= 4 is 28.9 Å². The van der Waals surface area contributed by atoms with Crippen molar-refractivity contribution in [2.75, 3.05) is 0 Å². The predicted octanol–water partition coefficient (Wildman–Crippen LogP) is 2.89. The first kappa shape index (κ1) is 10.9. The molecule has 1 heterocycles. The summed E-state index contributed by atoms with van der Waals surface area (Å²) in [6.45, 7) is 0. The fourth-order valence-electron chi connectivity index (χ4n) is 1.87. The number of rotatable bonds is 2. The number of aldehydes is 1. The van der Waals surface area contributed by atoms with Crippen LogP contribution in [-0.4, -0.2) is 21.3 Å². The van der Waals surface area contributed by atoms with Gasteiger partial charge in [0.2, 0.25) is 0 Å². The zero-order valence-corrected chi connectivity index (χ0v) is 10.0. The molecule has 0 saturated carbocycles. The molecule has 3 rings (SSSR count). The van der Waals surface area contributed by atoms with Crippen LogP contribution in [0.5, 0.6) is 0 Å². The van der Waals surface area contributed by atoms with Crippen molar-refractivity contribution in [1.29, 1.82) is 0 Å². The summed E-state index contributed by atoms with van der Waals surface area (Å²) in [6.07, 6.45) is 0.730. The van der Waals surface area contributed by atoms with Crippen LogP contribution in [0.1, 0.15) is 10.4 Å². The van der Waals surface area contributed by atoms with E-state index in [1.807, 2.05) is 24.3 Å². The van der Waals surface area contributed by atoms with Crippen LogP contribution in [0.3, 0.4) is 0 Å². The van der Waals surface area contributed by atoms with Gasteiger partial charge in [0.15, 0.2) is 6.29 Å². The summed E-state index contributed by atoms with van der Waals surface area (Å²) in [5, 5.41) is 8.52. The smallest absolute Gasteiger partial charge is 0.153 e. The Hall–Kier alpha value is -2.20. The Balaban J connectivity index is 2.33. The highest BCUT2D eigenvalue weighted by molar-refractivity contribution is 6.33. The first-order valence-corrected chi connectivity index (χ1v) is 5.73. The monoisotopic (exact) mass is 257 g/mol. The number of halogens is 1. The fraction of sp³-hybridized carbons (Fsp3) is 0. The molecule has 0 N–H and O–H groups in total. The van der Waals surface area contributed by atoms with Gasteiger partial charge in [0.05, 0.1) is 21.8 Å². The lowest BCUT2D eigenvalue weighted by Gasteiger charge is -2.06. The minimum absolute atomic E-state index is 0.405. The van der Waals surface area contributed by atoms with E-state index in [0.29, 0.717) is 16.3 Å². The van der Waals surface area contributed by atoms with Crippen LogP contribution in [0, 0.1) is 0 Å². The van der Waals surface area contributed by atoms with Gasteiger partial charge in [-0.1, -0.05) is 35.0 Å². The molecular weight excluding hydrogens is 250 g/mol. The Morgan fingerprint density at radius 3 is 2.78 bits per heavy atom. The van der Waals surface area contributed by atoms with Crippen LogP contribution < -0.4 is 0 Å². The molecule has 0 unspecified atom stereocenters. The van der Waals surface area contributed by atoms with Gasteiger partial charge in [0.1, 0.15) is 5.52 Å². The maximum absolute atomic E-state index is 11.1. The zero-order valence-electron chi connectivity index (χ0n) is 9.25. The first-order valence-electron chi connectivity index (χ1n) is 5.36. The summed E-state index contributed by atoms with van der Waals surface area (Å²) in [5.74, 6) is 0. The lowest BCUT2D eigenvalue weighted by Crippen LogP contribution is -2.01. The highest BCUT2D eigenvalue weighted by Crippen LogP contribution is 2.23. The molecule has 0 aliphatic rings. The SMILES string of the molecule is O=Cc1c(Cl)cccc1-n1nnc2ccccc21. The van der Waals surface area contributed by atoms with Crippen molar-refractivity contribution in [3.05, 3.63) is 53.1 Å². The summed E-state index contributed by atoms with van der Waals surface area (Å²) in [5.41, 5.74) is 2.65. The fourth-order valence-corrected chi connectivity index (χ4v) is 2.09. The zero-order chi connectivity index (χ0) is 12.5. The van der Waals surface area contributed by atoms with Crippen LogP contribution >= 0.6 is 11.6 Å². The van der Waals surface area contributed by atoms with Gasteiger partial charge in [-0.2, -0.15) is 0 Å². The third-order valence-electron chi connectivity index (χ3n) is 2.73. The largest absolute Gasteiger partial charge is 0.298 e. The number of fused-ring (bicyclic) bond motifs is 1. The predicted molar refractivity (Wildman–Crippen MR) is 69.3 cm³/mol. The lowest BCUT2D eigenvalue weighted by molar-refractivity contribution is 0.112. The second-order valence-corrected chi connectivity index (χ2v) is 4.19. The topological polar surface area (TPSA) is 47.8 Å². The van der Waals surface area contributed by atoms with Gasteiger partial charge in [0, 0.05) is 0 Å². The number of para-hydroxylation sites is 1. The Labute approximate surface area is 108 Å². The molecule has 0 amide bonds. The van der Waals surface area contributed by atoms with Crippen LogP contribution in [0.15, 0.2) is 42.5 Å². The molecule has 0 atom stereocenters. The van der Waals surface area contributed by atoms with E-state index in [1.165, 1.54) is 0 Å². The van der Waals surface area contributed by atoms with E-state index in [0.717, 1.165) is 17.3 Å². The summed E-state index contributed by atoms with van der Waals surface area (Å²) in [7, 11) is 0. The molecule has 0 fully saturated rings. The van der Waals surface area contributed by atoms with E-state index in [4.69, 9.17) is 11.6 Å². The molecule has 3 aromatic rings. The molecule has 0 saturated heterocycles.